The molecule has 1 aliphatic heterocycles. The van der Waals surface area contributed by atoms with Gasteiger partial charge in [-0.1, -0.05) is 47.5 Å². The van der Waals surface area contributed by atoms with Crippen molar-refractivity contribution in [1.29, 1.82) is 0 Å². The number of amides is 1. The molecule has 2 atom stereocenters. The van der Waals surface area contributed by atoms with Gasteiger partial charge in [0, 0.05) is 23.1 Å². The van der Waals surface area contributed by atoms with Gasteiger partial charge >= 0.3 is 5.97 Å². The van der Waals surface area contributed by atoms with Gasteiger partial charge in [0.05, 0.1) is 12.3 Å². The van der Waals surface area contributed by atoms with E-state index >= 15 is 0 Å². The first-order valence-electron chi connectivity index (χ1n) is 8.96. The summed E-state index contributed by atoms with van der Waals surface area (Å²) in [4.78, 5) is 26.8. The van der Waals surface area contributed by atoms with E-state index in [0.29, 0.717) is 23.1 Å². The molecular weight excluding hydrogens is 385 g/mol. The van der Waals surface area contributed by atoms with Gasteiger partial charge in [0.1, 0.15) is 6.10 Å². The number of carbonyl (C=O) groups excluding carboxylic acids is 2. The maximum atomic E-state index is 13.1. The number of benzene rings is 2. The summed E-state index contributed by atoms with van der Waals surface area (Å²) >= 11 is 11.9. The fourth-order valence-corrected chi connectivity index (χ4v) is 3.55. The summed E-state index contributed by atoms with van der Waals surface area (Å²) in [6, 6.07) is 14.7. The Morgan fingerprint density at radius 2 is 1.67 bits per heavy atom. The lowest BCUT2D eigenvalue weighted by Gasteiger charge is -2.26. The molecule has 2 aromatic carbocycles. The minimum absolute atomic E-state index is 0.0581. The Kier molecular flexibility index (Phi) is 6.40. The van der Waals surface area contributed by atoms with Gasteiger partial charge in [-0.15, -0.1) is 0 Å². The minimum Gasteiger partial charge on any atom is -0.457 e. The van der Waals surface area contributed by atoms with Gasteiger partial charge in [0.25, 0.3) is 0 Å². The van der Waals surface area contributed by atoms with Crippen molar-refractivity contribution in [3.63, 3.8) is 0 Å². The summed E-state index contributed by atoms with van der Waals surface area (Å²) in [5.41, 5.74) is 1.90. The number of nitrogens with zero attached hydrogens (tertiary/aromatic N) is 1. The van der Waals surface area contributed by atoms with Gasteiger partial charge < -0.3 is 9.64 Å². The van der Waals surface area contributed by atoms with Crippen molar-refractivity contribution in [3.05, 3.63) is 69.7 Å². The number of esters is 1. The molecule has 1 heterocycles. The molecule has 1 aliphatic rings. The van der Waals surface area contributed by atoms with Crippen LogP contribution in [0.15, 0.2) is 48.5 Å². The zero-order valence-corrected chi connectivity index (χ0v) is 16.5. The van der Waals surface area contributed by atoms with E-state index in [4.69, 9.17) is 27.9 Å². The van der Waals surface area contributed by atoms with Crippen LogP contribution in [-0.4, -0.2) is 29.9 Å². The second-order valence-corrected chi connectivity index (χ2v) is 7.44. The third-order valence-electron chi connectivity index (χ3n) is 4.80. The average molecular weight is 406 g/mol. The zero-order chi connectivity index (χ0) is 19.4. The van der Waals surface area contributed by atoms with Crippen LogP contribution in [0.2, 0.25) is 10.0 Å². The smallest absolute Gasteiger partial charge is 0.307 e. The van der Waals surface area contributed by atoms with Crippen LogP contribution in [0.25, 0.3) is 0 Å². The molecule has 0 bridgehead atoms. The number of ether oxygens (including phenoxy) is 1. The number of hydrogen-bond acceptors (Lipinski definition) is 3. The summed E-state index contributed by atoms with van der Waals surface area (Å²) in [5.74, 6) is -0.914. The molecule has 142 valence electrons. The van der Waals surface area contributed by atoms with Crippen molar-refractivity contribution in [2.75, 3.05) is 13.1 Å². The molecule has 0 N–H and O–H groups in total. The molecule has 3 rings (SSSR count). The maximum absolute atomic E-state index is 13.1. The van der Waals surface area contributed by atoms with Crippen molar-refractivity contribution in [3.8, 4) is 0 Å². The molecule has 27 heavy (non-hydrogen) atoms. The van der Waals surface area contributed by atoms with Crippen molar-refractivity contribution in [2.24, 2.45) is 5.92 Å². The van der Waals surface area contributed by atoms with Gasteiger partial charge in [-0.2, -0.15) is 0 Å². The van der Waals surface area contributed by atoms with E-state index in [2.05, 4.69) is 0 Å². The number of rotatable bonds is 6. The number of halogens is 2. The molecule has 1 fully saturated rings. The zero-order valence-electron chi connectivity index (χ0n) is 15.0. The van der Waals surface area contributed by atoms with Crippen LogP contribution >= 0.6 is 23.2 Å². The van der Waals surface area contributed by atoms with Crippen molar-refractivity contribution in [2.45, 2.75) is 25.9 Å². The van der Waals surface area contributed by atoms with Gasteiger partial charge in [0.2, 0.25) is 5.91 Å². The Hall–Kier alpha value is -2.04. The lowest BCUT2D eigenvalue weighted by atomic mass is 9.93. The maximum Gasteiger partial charge on any atom is 0.307 e. The van der Waals surface area contributed by atoms with E-state index < -0.39 is 12.0 Å². The lowest BCUT2D eigenvalue weighted by Crippen LogP contribution is -2.38. The van der Waals surface area contributed by atoms with Gasteiger partial charge in [-0.05, 0) is 48.7 Å². The molecule has 0 unspecified atom stereocenters. The number of hydrogen-bond donors (Lipinski definition) is 0. The van der Waals surface area contributed by atoms with Crippen LogP contribution in [0.3, 0.4) is 0 Å². The van der Waals surface area contributed by atoms with E-state index in [1.54, 1.807) is 29.2 Å². The Labute approximate surface area is 169 Å². The fourth-order valence-electron chi connectivity index (χ4n) is 3.30. The van der Waals surface area contributed by atoms with E-state index in [1.165, 1.54) is 0 Å². The molecule has 0 radical (unpaired) electrons. The highest BCUT2D eigenvalue weighted by atomic mass is 35.5. The average Bonchev–Trinajstić information content (AvgIpc) is 3.06. The Morgan fingerprint density at radius 3 is 2.26 bits per heavy atom. The van der Waals surface area contributed by atoms with Crippen molar-refractivity contribution < 1.29 is 14.3 Å². The van der Waals surface area contributed by atoms with E-state index in [1.807, 2.05) is 31.2 Å². The molecule has 4 nitrogen and oxygen atoms in total. The SMILES string of the molecule is CCN(CCc1ccc(Cl)cc1)C(=O)[C@@H]1CC(=O)O[C@H]1c1ccc(Cl)cc1. The predicted molar refractivity (Wildman–Crippen MR) is 106 cm³/mol. The summed E-state index contributed by atoms with van der Waals surface area (Å²) in [5, 5.41) is 1.29. The van der Waals surface area contributed by atoms with Gasteiger partial charge in [-0.25, -0.2) is 0 Å². The topological polar surface area (TPSA) is 46.6 Å². The van der Waals surface area contributed by atoms with Crippen LogP contribution in [0.5, 0.6) is 0 Å². The van der Waals surface area contributed by atoms with Crippen LogP contribution < -0.4 is 0 Å². The Morgan fingerprint density at radius 1 is 1.07 bits per heavy atom. The summed E-state index contributed by atoms with van der Waals surface area (Å²) < 4.78 is 5.45. The Bertz CT molecular complexity index is 805. The minimum atomic E-state index is -0.563. The first-order chi connectivity index (χ1) is 13.0. The second kappa shape index (κ2) is 8.77. The van der Waals surface area contributed by atoms with Crippen molar-refractivity contribution >= 4 is 35.1 Å². The summed E-state index contributed by atoms with van der Waals surface area (Å²) in [7, 11) is 0. The van der Waals surface area contributed by atoms with Gasteiger partial charge in [0.15, 0.2) is 0 Å². The largest absolute Gasteiger partial charge is 0.457 e. The molecule has 0 saturated carbocycles. The second-order valence-electron chi connectivity index (χ2n) is 6.57. The van der Waals surface area contributed by atoms with Gasteiger partial charge in [-0.3, -0.25) is 9.59 Å². The first-order valence-corrected chi connectivity index (χ1v) is 9.71. The Balaban J connectivity index is 1.71. The molecule has 0 spiro atoms. The predicted octanol–water partition coefficient (Wildman–Crippen LogP) is 4.69. The summed E-state index contributed by atoms with van der Waals surface area (Å²) in [6.45, 7) is 3.09. The molecule has 0 aromatic heterocycles. The van der Waals surface area contributed by atoms with E-state index in [0.717, 1.165) is 17.5 Å². The van der Waals surface area contributed by atoms with Crippen LogP contribution in [0.4, 0.5) is 0 Å². The number of cyclic esters (lactones) is 1. The highest BCUT2D eigenvalue weighted by Crippen LogP contribution is 2.37. The number of likely N-dealkylation sites (N-methyl/N-ethyl adjacent to an activating group) is 1. The third-order valence-corrected chi connectivity index (χ3v) is 5.31. The number of carbonyl (C=O) groups is 2. The third kappa shape index (κ3) is 4.82. The van der Waals surface area contributed by atoms with Crippen LogP contribution in [0, 0.1) is 5.92 Å². The molecule has 1 saturated heterocycles. The highest BCUT2D eigenvalue weighted by molar-refractivity contribution is 6.30. The van der Waals surface area contributed by atoms with Crippen molar-refractivity contribution in [1.82, 2.24) is 4.90 Å². The first kappa shape index (κ1) is 19.7. The molecule has 0 aliphatic carbocycles. The molecule has 6 heteroatoms. The standard InChI is InChI=1S/C21H21Cl2NO3/c1-2-24(12-11-14-3-7-16(22)8-4-14)21(26)18-13-19(25)27-20(18)15-5-9-17(23)10-6-15/h3-10,18,20H,2,11-13H2,1H3/t18-,20+/m1/s1. The monoisotopic (exact) mass is 405 g/mol. The molecular formula is C21H21Cl2NO3. The highest BCUT2D eigenvalue weighted by Gasteiger charge is 2.42. The molecule has 1 amide bonds. The quantitative estimate of drug-likeness (QED) is 0.654. The van der Waals surface area contributed by atoms with Crippen LogP contribution in [0.1, 0.15) is 30.6 Å². The fraction of sp³-hybridized carbons (Fsp3) is 0.333. The van der Waals surface area contributed by atoms with E-state index in [9.17, 15) is 9.59 Å². The normalized spacial score (nSPS) is 19.0. The summed E-state index contributed by atoms with van der Waals surface area (Å²) in [6.07, 6.45) is 0.264. The van der Waals surface area contributed by atoms with Crippen LogP contribution in [-0.2, 0) is 20.7 Å². The lowest BCUT2D eigenvalue weighted by molar-refractivity contribution is -0.142. The molecule has 2 aromatic rings. The van der Waals surface area contributed by atoms with E-state index in [-0.39, 0.29) is 18.3 Å².